The average molecular weight is 254 g/mol. The zero-order valence-electron chi connectivity index (χ0n) is 12.1. The minimum atomic E-state index is 0.164. The molecule has 0 bridgehead atoms. The molecule has 2 N–H and O–H groups in total. The lowest BCUT2D eigenvalue weighted by molar-refractivity contribution is -0.120. The van der Waals surface area contributed by atoms with Crippen LogP contribution < -0.4 is 10.6 Å². The predicted molar refractivity (Wildman–Crippen MR) is 76.6 cm³/mol. The van der Waals surface area contributed by atoms with Gasteiger partial charge in [-0.2, -0.15) is 0 Å². The van der Waals surface area contributed by atoms with E-state index in [1.54, 1.807) is 0 Å². The van der Waals surface area contributed by atoms with Crippen LogP contribution in [0.2, 0.25) is 0 Å². The smallest absolute Gasteiger partial charge is 0.233 e. The molecule has 1 atom stereocenters. The highest BCUT2D eigenvalue weighted by molar-refractivity contribution is 5.78. The molecule has 1 saturated carbocycles. The monoisotopic (exact) mass is 254 g/mol. The molecular weight excluding hydrogens is 224 g/mol. The highest BCUT2D eigenvalue weighted by Crippen LogP contribution is 2.17. The molecule has 1 aliphatic carbocycles. The van der Waals surface area contributed by atoms with Crippen molar-refractivity contribution in [1.29, 1.82) is 0 Å². The van der Waals surface area contributed by atoms with Crippen molar-refractivity contribution in [3.05, 3.63) is 0 Å². The summed E-state index contributed by atoms with van der Waals surface area (Å²) in [5.41, 5.74) is 0. The van der Waals surface area contributed by atoms with Crippen molar-refractivity contribution >= 4 is 5.91 Å². The van der Waals surface area contributed by atoms with E-state index >= 15 is 0 Å². The van der Waals surface area contributed by atoms with Gasteiger partial charge in [0.25, 0.3) is 0 Å². The van der Waals surface area contributed by atoms with Crippen LogP contribution in [0.25, 0.3) is 0 Å². The Morgan fingerprint density at radius 2 is 2.00 bits per heavy atom. The summed E-state index contributed by atoms with van der Waals surface area (Å²) in [5, 5.41) is 6.42. The Balaban J connectivity index is 2.06. The molecule has 3 heteroatoms. The molecule has 1 amide bonds. The van der Waals surface area contributed by atoms with Crippen LogP contribution >= 0.6 is 0 Å². The molecule has 0 spiro atoms. The van der Waals surface area contributed by atoms with E-state index in [1.807, 2.05) is 0 Å². The van der Waals surface area contributed by atoms with Gasteiger partial charge in [-0.3, -0.25) is 4.79 Å². The maximum atomic E-state index is 11.7. The van der Waals surface area contributed by atoms with Crippen molar-refractivity contribution in [2.24, 2.45) is 5.92 Å². The van der Waals surface area contributed by atoms with Gasteiger partial charge >= 0.3 is 0 Å². The number of amides is 1. The Kier molecular flexibility index (Phi) is 8.06. The zero-order chi connectivity index (χ0) is 13.2. The standard InChI is InChI=1S/C15H30N2O/c1-3-5-8-13(4-2)11-17-15(18)12-16-14-9-6-7-10-14/h13-14,16H,3-12H2,1-2H3,(H,17,18). The second-order valence-corrected chi connectivity index (χ2v) is 5.58. The van der Waals surface area contributed by atoms with Crippen LogP contribution in [0.5, 0.6) is 0 Å². The minimum Gasteiger partial charge on any atom is -0.355 e. The first kappa shape index (κ1) is 15.5. The Hall–Kier alpha value is -0.570. The van der Waals surface area contributed by atoms with Gasteiger partial charge in [-0.25, -0.2) is 0 Å². The summed E-state index contributed by atoms with van der Waals surface area (Å²) in [6, 6.07) is 0.581. The number of nitrogens with one attached hydrogen (secondary N) is 2. The van der Waals surface area contributed by atoms with Crippen molar-refractivity contribution in [3.8, 4) is 0 Å². The molecule has 18 heavy (non-hydrogen) atoms. The lowest BCUT2D eigenvalue weighted by atomic mass is 9.99. The summed E-state index contributed by atoms with van der Waals surface area (Å²) in [5.74, 6) is 0.817. The van der Waals surface area contributed by atoms with Crippen LogP contribution in [0.4, 0.5) is 0 Å². The summed E-state index contributed by atoms with van der Waals surface area (Å²) in [4.78, 5) is 11.7. The first-order valence-electron chi connectivity index (χ1n) is 7.76. The molecule has 1 unspecified atom stereocenters. The molecule has 0 aromatic carbocycles. The van der Waals surface area contributed by atoms with Crippen molar-refractivity contribution in [2.45, 2.75) is 71.3 Å². The van der Waals surface area contributed by atoms with Crippen LogP contribution in [-0.2, 0) is 4.79 Å². The number of rotatable bonds is 9. The van der Waals surface area contributed by atoms with E-state index in [-0.39, 0.29) is 5.91 Å². The van der Waals surface area contributed by atoms with Gasteiger partial charge in [0.05, 0.1) is 6.54 Å². The maximum Gasteiger partial charge on any atom is 0.233 e. The van der Waals surface area contributed by atoms with E-state index in [4.69, 9.17) is 0 Å². The first-order chi connectivity index (χ1) is 8.76. The number of carbonyl (C=O) groups is 1. The van der Waals surface area contributed by atoms with Gasteiger partial charge in [-0.15, -0.1) is 0 Å². The fraction of sp³-hybridized carbons (Fsp3) is 0.933. The van der Waals surface area contributed by atoms with E-state index in [9.17, 15) is 4.79 Å². The summed E-state index contributed by atoms with van der Waals surface area (Å²) in [7, 11) is 0. The molecular formula is C15H30N2O. The van der Waals surface area contributed by atoms with Gasteiger partial charge in [0.1, 0.15) is 0 Å². The van der Waals surface area contributed by atoms with Gasteiger partial charge in [0.2, 0.25) is 5.91 Å². The topological polar surface area (TPSA) is 41.1 Å². The lowest BCUT2D eigenvalue weighted by Gasteiger charge is -2.16. The van der Waals surface area contributed by atoms with Crippen molar-refractivity contribution in [1.82, 2.24) is 10.6 Å². The molecule has 1 fully saturated rings. The highest BCUT2D eigenvalue weighted by Gasteiger charge is 2.15. The first-order valence-corrected chi connectivity index (χ1v) is 7.76. The molecule has 1 aliphatic rings. The van der Waals surface area contributed by atoms with E-state index < -0.39 is 0 Å². The molecule has 3 nitrogen and oxygen atoms in total. The van der Waals surface area contributed by atoms with E-state index in [2.05, 4.69) is 24.5 Å². The Morgan fingerprint density at radius 3 is 2.61 bits per heavy atom. The highest BCUT2D eigenvalue weighted by atomic mass is 16.1. The van der Waals surface area contributed by atoms with Gasteiger partial charge in [-0.05, 0) is 25.2 Å². The second kappa shape index (κ2) is 9.37. The Morgan fingerprint density at radius 1 is 1.28 bits per heavy atom. The second-order valence-electron chi connectivity index (χ2n) is 5.58. The maximum absolute atomic E-state index is 11.7. The van der Waals surface area contributed by atoms with Crippen LogP contribution in [0.3, 0.4) is 0 Å². The molecule has 0 radical (unpaired) electrons. The SMILES string of the molecule is CCCCC(CC)CNC(=O)CNC1CCCC1. The van der Waals surface area contributed by atoms with Crippen molar-refractivity contribution in [3.63, 3.8) is 0 Å². The molecule has 0 heterocycles. The van der Waals surface area contributed by atoms with Gasteiger partial charge in [-0.1, -0.05) is 46.0 Å². The number of carbonyl (C=O) groups excluding carboxylic acids is 1. The van der Waals surface area contributed by atoms with Crippen LogP contribution in [-0.4, -0.2) is 25.0 Å². The summed E-state index contributed by atoms with van der Waals surface area (Å²) in [6.45, 7) is 5.77. The van der Waals surface area contributed by atoms with Crippen molar-refractivity contribution < 1.29 is 4.79 Å². The van der Waals surface area contributed by atoms with Crippen molar-refractivity contribution in [2.75, 3.05) is 13.1 Å². The third-order valence-corrected chi connectivity index (χ3v) is 4.04. The van der Waals surface area contributed by atoms with Gasteiger partial charge < -0.3 is 10.6 Å². The van der Waals surface area contributed by atoms with E-state index in [0.29, 0.717) is 18.5 Å². The molecule has 1 rings (SSSR count). The average Bonchev–Trinajstić information content (AvgIpc) is 2.89. The van der Waals surface area contributed by atoms with Crippen LogP contribution in [0, 0.1) is 5.92 Å². The number of unbranched alkanes of at least 4 members (excludes halogenated alkanes) is 1. The third kappa shape index (κ3) is 6.39. The Labute approximate surface area is 112 Å². The van der Waals surface area contributed by atoms with Crippen LogP contribution in [0.1, 0.15) is 65.2 Å². The van der Waals surface area contributed by atoms with Crippen LogP contribution in [0.15, 0.2) is 0 Å². The fourth-order valence-corrected chi connectivity index (χ4v) is 2.63. The van der Waals surface area contributed by atoms with E-state index in [1.165, 1.54) is 44.9 Å². The third-order valence-electron chi connectivity index (χ3n) is 4.04. The minimum absolute atomic E-state index is 0.164. The Bertz CT molecular complexity index is 225. The molecule has 0 aliphatic heterocycles. The summed E-state index contributed by atoms with van der Waals surface area (Å²) >= 11 is 0. The van der Waals surface area contributed by atoms with E-state index in [0.717, 1.165) is 13.0 Å². The summed E-state index contributed by atoms with van der Waals surface area (Å²) < 4.78 is 0. The molecule has 0 aromatic heterocycles. The molecule has 0 aromatic rings. The molecule has 0 saturated heterocycles. The van der Waals surface area contributed by atoms with Gasteiger partial charge in [0.15, 0.2) is 0 Å². The molecule has 106 valence electrons. The quantitative estimate of drug-likeness (QED) is 0.664. The number of hydrogen-bond donors (Lipinski definition) is 2. The van der Waals surface area contributed by atoms with Gasteiger partial charge in [0, 0.05) is 12.6 Å². The predicted octanol–water partition coefficient (Wildman–Crippen LogP) is 2.85. The lowest BCUT2D eigenvalue weighted by Crippen LogP contribution is -2.39. The normalized spacial score (nSPS) is 17.9. The zero-order valence-corrected chi connectivity index (χ0v) is 12.1. The largest absolute Gasteiger partial charge is 0.355 e. The number of hydrogen-bond acceptors (Lipinski definition) is 2. The summed E-state index contributed by atoms with van der Waals surface area (Å²) in [6.07, 6.45) is 10.0. The fourth-order valence-electron chi connectivity index (χ4n) is 2.63.